The molecule has 20 heavy (non-hydrogen) atoms. The summed E-state index contributed by atoms with van der Waals surface area (Å²) in [7, 11) is 0. The first-order chi connectivity index (χ1) is 9.15. The normalized spacial score (nSPS) is 27.1. The Morgan fingerprint density at radius 1 is 1.45 bits per heavy atom. The van der Waals surface area contributed by atoms with Gasteiger partial charge in [-0.05, 0) is 19.8 Å². The lowest BCUT2D eigenvalue weighted by atomic mass is 9.83. The highest BCUT2D eigenvalue weighted by Crippen LogP contribution is 2.32. The Kier molecular flexibility index (Phi) is 5.43. The summed E-state index contributed by atoms with van der Waals surface area (Å²) in [6, 6.07) is -1.01. The predicted molar refractivity (Wildman–Crippen MR) is 69.0 cm³/mol. The van der Waals surface area contributed by atoms with Gasteiger partial charge in [-0.1, -0.05) is 13.8 Å². The molecule has 0 radical (unpaired) electrons. The Morgan fingerprint density at radius 3 is 2.35 bits per heavy atom. The maximum Gasteiger partial charge on any atom is 0.406 e. The van der Waals surface area contributed by atoms with E-state index < -0.39 is 36.1 Å². The Bertz CT molecular complexity index is 345. The van der Waals surface area contributed by atoms with Gasteiger partial charge in [0, 0.05) is 12.1 Å². The van der Waals surface area contributed by atoms with E-state index in [1.165, 1.54) is 0 Å². The predicted octanol–water partition coefficient (Wildman–Crippen LogP) is 1.93. The van der Waals surface area contributed by atoms with E-state index in [1.807, 2.05) is 0 Å². The number of halogens is 3. The zero-order chi connectivity index (χ0) is 15.6. The van der Waals surface area contributed by atoms with Crippen LogP contribution < -0.4 is 5.73 Å². The summed E-state index contributed by atoms with van der Waals surface area (Å²) in [6.07, 6.45) is -3.47. The Morgan fingerprint density at radius 2 is 2.00 bits per heavy atom. The minimum absolute atomic E-state index is 0.0709. The molecule has 0 aromatic rings. The molecule has 0 aliphatic carbocycles. The summed E-state index contributed by atoms with van der Waals surface area (Å²) in [6.45, 7) is 4.17. The molecule has 1 saturated heterocycles. The van der Waals surface area contributed by atoms with Gasteiger partial charge in [0.1, 0.15) is 6.54 Å². The van der Waals surface area contributed by atoms with Crippen molar-refractivity contribution in [3.05, 3.63) is 0 Å². The average Bonchev–Trinajstić information content (AvgIpc) is 2.68. The van der Waals surface area contributed by atoms with Gasteiger partial charge in [0.25, 0.3) is 0 Å². The van der Waals surface area contributed by atoms with Gasteiger partial charge in [-0.3, -0.25) is 4.79 Å². The molecule has 0 bridgehead atoms. The summed E-state index contributed by atoms with van der Waals surface area (Å²) >= 11 is 0. The molecule has 1 heterocycles. The minimum Gasteiger partial charge on any atom is -0.379 e. The van der Waals surface area contributed by atoms with Gasteiger partial charge >= 0.3 is 6.18 Å². The number of rotatable bonds is 5. The number of hydrogen-bond donors (Lipinski definition) is 1. The molecule has 1 rings (SSSR count). The van der Waals surface area contributed by atoms with Gasteiger partial charge in [-0.25, -0.2) is 0 Å². The summed E-state index contributed by atoms with van der Waals surface area (Å²) < 4.78 is 43.4. The van der Waals surface area contributed by atoms with Gasteiger partial charge in [0.05, 0.1) is 18.6 Å². The van der Waals surface area contributed by atoms with Crippen molar-refractivity contribution in [2.75, 3.05) is 19.8 Å². The average molecular weight is 296 g/mol. The van der Waals surface area contributed by atoms with Crippen molar-refractivity contribution in [3.63, 3.8) is 0 Å². The zero-order valence-electron chi connectivity index (χ0n) is 12.2. The van der Waals surface area contributed by atoms with Crippen LogP contribution in [0.15, 0.2) is 0 Å². The van der Waals surface area contributed by atoms with Crippen LogP contribution >= 0.6 is 0 Å². The summed E-state index contributed by atoms with van der Waals surface area (Å²) in [4.78, 5) is 13.5. The van der Waals surface area contributed by atoms with E-state index in [1.54, 1.807) is 20.8 Å². The van der Waals surface area contributed by atoms with Crippen LogP contribution in [0.3, 0.4) is 0 Å². The fourth-order valence-corrected chi connectivity index (χ4v) is 2.53. The Balaban J connectivity index is 3.00. The van der Waals surface area contributed by atoms with Gasteiger partial charge in [-0.2, -0.15) is 13.2 Å². The van der Waals surface area contributed by atoms with Crippen molar-refractivity contribution in [3.8, 4) is 0 Å². The molecule has 2 N–H and O–H groups in total. The van der Waals surface area contributed by atoms with Crippen LogP contribution in [0.25, 0.3) is 0 Å². The second-order valence-corrected chi connectivity index (χ2v) is 5.56. The molecule has 1 aliphatic heterocycles. The molecule has 0 spiro atoms. The first kappa shape index (κ1) is 17.2. The SMILES string of the molecule is CCC(CC)N(CC(F)(F)F)C(=O)C1(C)COCC1N. The molecule has 4 nitrogen and oxygen atoms in total. The van der Waals surface area contributed by atoms with Crippen molar-refractivity contribution in [1.82, 2.24) is 4.90 Å². The third-order valence-corrected chi connectivity index (χ3v) is 4.00. The van der Waals surface area contributed by atoms with Crippen molar-refractivity contribution in [1.29, 1.82) is 0 Å². The Labute approximate surface area is 117 Å². The summed E-state index contributed by atoms with van der Waals surface area (Å²) in [5.74, 6) is -0.562. The standard InChI is InChI=1S/C13H23F3N2O2/c1-4-9(5-2)18(7-13(14,15)16)11(19)12(3)8-20-6-10(12)17/h9-10H,4-8,17H2,1-3H3. The molecule has 0 aromatic heterocycles. The third-order valence-electron chi connectivity index (χ3n) is 4.00. The topological polar surface area (TPSA) is 55.6 Å². The highest BCUT2D eigenvalue weighted by atomic mass is 19.4. The number of ether oxygens (including phenoxy) is 1. The smallest absolute Gasteiger partial charge is 0.379 e. The highest BCUT2D eigenvalue weighted by molar-refractivity contribution is 5.84. The van der Waals surface area contributed by atoms with E-state index in [0.29, 0.717) is 12.8 Å². The molecule has 0 aromatic carbocycles. The fourth-order valence-electron chi connectivity index (χ4n) is 2.53. The van der Waals surface area contributed by atoms with Crippen LogP contribution in [0.2, 0.25) is 0 Å². The van der Waals surface area contributed by atoms with E-state index in [0.717, 1.165) is 4.90 Å². The number of carbonyl (C=O) groups is 1. The van der Waals surface area contributed by atoms with Crippen LogP contribution in [0, 0.1) is 5.41 Å². The molecule has 1 amide bonds. The fraction of sp³-hybridized carbons (Fsp3) is 0.923. The lowest BCUT2D eigenvalue weighted by molar-refractivity contribution is -0.172. The number of hydrogen-bond acceptors (Lipinski definition) is 3. The molecule has 1 aliphatic rings. The number of alkyl halides is 3. The first-order valence-corrected chi connectivity index (χ1v) is 6.86. The van der Waals surface area contributed by atoms with E-state index in [-0.39, 0.29) is 13.2 Å². The van der Waals surface area contributed by atoms with Gasteiger partial charge in [-0.15, -0.1) is 0 Å². The van der Waals surface area contributed by atoms with E-state index in [2.05, 4.69) is 0 Å². The van der Waals surface area contributed by atoms with Crippen LogP contribution in [0.5, 0.6) is 0 Å². The van der Waals surface area contributed by atoms with Crippen molar-refractivity contribution >= 4 is 5.91 Å². The number of amides is 1. The summed E-state index contributed by atoms with van der Waals surface area (Å²) in [5.41, 5.74) is 4.77. The number of nitrogens with two attached hydrogens (primary N) is 1. The quantitative estimate of drug-likeness (QED) is 0.843. The molecule has 7 heteroatoms. The van der Waals surface area contributed by atoms with Crippen molar-refractivity contribution in [2.45, 2.75) is 51.9 Å². The number of carbonyl (C=O) groups excluding carboxylic acids is 1. The largest absolute Gasteiger partial charge is 0.406 e. The molecule has 118 valence electrons. The molecule has 2 atom stereocenters. The van der Waals surface area contributed by atoms with Gasteiger partial charge in [0.2, 0.25) is 5.91 Å². The molecule has 1 fully saturated rings. The lowest BCUT2D eigenvalue weighted by Crippen LogP contribution is -2.56. The van der Waals surface area contributed by atoms with E-state index >= 15 is 0 Å². The second-order valence-electron chi connectivity index (χ2n) is 5.56. The minimum atomic E-state index is -4.42. The third kappa shape index (κ3) is 3.63. The van der Waals surface area contributed by atoms with E-state index in [9.17, 15) is 18.0 Å². The van der Waals surface area contributed by atoms with Crippen molar-refractivity contribution < 1.29 is 22.7 Å². The number of nitrogens with zero attached hydrogens (tertiary/aromatic N) is 1. The van der Waals surface area contributed by atoms with Crippen LogP contribution in [-0.2, 0) is 9.53 Å². The van der Waals surface area contributed by atoms with Gasteiger partial charge in [0.15, 0.2) is 0 Å². The van der Waals surface area contributed by atoms with Crippen LogP contribution in [0.1, 0.15) is 33.6 Å². The van der Waals surface area contributed by atoms with E-state index in [4.69, 9.17) is 10.5 Å². The monoisotopic (exact) mass is 296 g/mol. The second kappa shape index (κ2) is 6.30. The lowest BCUT2D eigenvalue weighted by Gasteiger charge is -2.38. The first-order valence-electron chi connectivity index (χ1n) is 6.86. The van der Waals surface area contributed by atoms with Crippen molar-refractivity contribution in [2.24, 2.45) is 11.1 Å². The summed E-state index contributed by atoms with van der Waals surface area (Å²) in [5, 5.41) is 0. The maximum absolute atomic E-state index is 12.8. The highest BCUT2D eigenvalue weighted by Gasteiger charge is 2.49. The zero-order valence-corrected chi connectivity index (χ0v) is 12.2. The molecule has 0 saturated carbocycles. The molecule has 2 unspecified atom stereocenters. The van der Waals surface area contributed by atoms with Crippen LogP contribution in [-0.4, -0.2) is 48.8 Å². The maximum atomic E-state index is 12.8. The van der Waals surface area contributed by atoms with Crippen LogP contribution in [0.4, 0.5) is 13.2 Å². The molecular formula is C13H23F3N2O2. The molecular weight excluding hydrogens is 273 g/mol. The Hall–Kier alpha value is -0.820. The van der Waals surface area contributed by atoms with Gasteiger partial charge < -0.3 is 15.4 Å².